The molecule has 2 heterocycles. The van der Waals surface area contributed by atoms with E-state index in [9.17, 15) is 5.11 Å². The zero-order valence-electron chi connectivity index (χ0n) is 11.4. The molecule has 20 heavy (non-hydrogen) atoms. The minimum atomic E-state index is -0.577. The minimum Gasteiger partial charge on any atom is -0.497 e. The van der Waals surface area contributed by atoms with E-state index in [-0.39, 0.29) is 0 Å². The molecule has 0 radical (unpaired) electrons. The molecule has 3 rings (SSSR count). The number of hydrogen-bond acceptors (Lipinski definition) is 3. The molecule has 1 aromatic carbocycles. The average molecular weight is 268 g/mol. The Labute approximate surface area is 117 Å². The van der Waals surface area contributed by atoms with Crippen molar-refractivity contribution in [2.75, 3.05) is 7.11 Å². The summed E-state index contributed by atoms with van der Waals surface area (Å²) >= 11 is 0. The van der Waals surface area contributed by atoms with Crippen LogP contribution in [0, 0.1) is 0 Å². The lowest BCUT2D eigenvalue weighted by Gasteiger charge is -2.06. The first kappa shape index (κ1) is 12.7. The van der Waals surface area contributed by atoms with Crippen molar-refractivity contribution in [3.63, 3.8) is 0 Å². The number of hydrogen-bond donors (Lipinski definition) is 1. The molecule has 2 aromatic heterocycles. The van der Waals surface area contributed by atoms with Gasteiger partial charge in [0.25, 0.3) is 0 Å². The van der Waals surface area contributed by atoms with Crippen LogP contribution in [0.1, 0.15) is 18.6 Å². The van der Waals surface area contributed by atoms with Gasteiger partial charge in [0.15, 0.2) is 0 Å². The van der Waals surface area contributed by atoms with Crippen LogP contribution in [0.5, 0.6) is 5.75 Å². The third-order valence-corrected chi connectivity index (χ3v) is 3.36. The molecule has 0 saturated carbocycles. The lowest BCUT2D eigenvalue weighted by Crippen LogP contribution is -1.93. The summed E-state index contributed by atoms with van der Waals surface area (Å²) in [7, 11) is 1.64. The van der Waals surface area contributed by atoms with Gasteiger partial charge in [-0.1, -0.05) is 6.07 Å². The summed E-state index contributed by atoms with van der Waals surface area (Å²) in [4.78, 5) is 0. The lowest BCUT2D eigenvalue weighted by molar-refractivity contribution is 0.201. The van der Waals surface area contributed by atoms with Gasteiger partial charge >= 0.3 is 0 Å². The second kappa shape index (κ2) is 4.98. The van der Waals surface area contributed by atoms with Gasteiger partial charge in [0, 0.05) is 17.3 Å². The van der Waals surface area contributed by atoms with Crippen molar-refractivity contribution in [1.29, 1.82) is 0 Å². The van der Waals surface area contributed by atoms with Crippen LogP contribution in [0.3, 0.4) is 0 Å². The van der Waals surface area contributed by atoms with Gasteiger partial charge in [-0.2, -0.15) is 5.10 Å². The summed E-state index contributed by atoms with van der Waals surface area (Å²) in [5.74, 6) is 0.802. The first-order chi connectivity index (χ1) is 9.70. The number of benzene rings is 1. The van der Waals surface area contributed by atoms with E-state index in [0.717, 1.165) is 28.1 Å². The number of aromatic nitrogens is 2. The fourth-order valence-corrected chi connectivity index (χ4v) is 2.39. The number of rotatable bonds is 3. The normalized spacial score (nSPS) is 12.6. The molecule has 0 aliphatic heterocycles. The smallest absolute Gasteiger partial charge is 0.118 e. The molecule has 0 fully saturated rings. The Kier molecular flexibility index (Phi) is 3.16. The molecule has 0 bridgehead atoms. The Balaban J connectivity index is 2.21. The summed E-state index contributed by atoms with van der Waals surface area (Å²) in [6, 6.07) is 13.5. The molecular formula is C16H16N2O2. The summed E-state index contributed by atoms with van der Waals surface area (Å²) in [6.45, 7) is 1.76. The monoisotopic (exact) mass is 268 g/mol. The molecule has 0 spiro atoms. The topological polar surface area (TPSA) is 46.8 Å². The maximum atomic E-state index is 10.1. The first-order valence-corrected chi connectivity index (χ1v) is 6.50. The van der Waals surface area contributed by atoms with Crippen molar-refractivity contribution < 1.29 is 9.84 Å². The van der Waals surface area contributed by atoms with E-state index >= 15 is 0 Å². The van der Waals surface area contributed by atoms with E-state index in [0.29, 0.717) is 0 Å². The Morgan fingerprint density at radius 1 is 1.15 bits per heavy atom. The molecule has 0 aliphatic carbocycles. The summed E-state index contributed by atoms with van der Waals surface area (Å²) in [6.07, 6.45) is 1.31. The van der Waals surface area contributed by atoms with Crippen LogP contribution in [0.2, 0.25) is 0 Å². The second-order valence-corrected chi connectivity index (χ2v) is 4.70. The zero-order valence-corrected chi connectivity index (χ0v) is 11.4. The number of aliphatic hydroxyl groups is 1. The van der Waals surface area contributed by atoms with Gasteiger partial charge in [0.1, 0.15) is 5.75 Å². The van der Waals surface area contributed by atoms with Crippen molar-refractivity contribution in [2.24, 2.45) is 0 Å². The third kappa shape index (κ3) is 2.04. The van der Waals surface area contributed by atoms with Crippen LogP contribution < -0.4 is 4.74 Å². The largest absolute Gasteiger partial charge is 0.497 e. The molecule has 0 saturated heterocycles. The maximum absolute atomic E-state index is 10.1. The van der Waals surface area contributed by atoms with Crippen molar-refractivity contribution in [3.05, 3.63) is 54.2 Å². The van der Waals surface area contributed by atoms with Crippen molar-refractivity contribution in [1.82, 2.24) is 9.61 Å². The number of aliphatic hydroxyl groups excluding tert-OH is 1. The Hall–Kier alpha value is -2.33. The van der Waals surface area contributed by atoms with Gasteiger partial charge in [-0.25, -0.2) is 4.52 Å². The van der Waals surface area contributed by atoms with Crippen LogP contribution in [0.15, 0.2) is 48.7 Å². The molecule has 1 N–H and O–H groups in total. The molecule has 1 atom stereocenters. The average Bonchev–Trinajstić information content (AvgIpc) is 2.86. The number of ether oxygens (including phenoxy) is 1. The van der Waals surface area contributed by atoms with Crippen LogP contribution in [-0.4, -0.2) is 21.8 Å². The van der Waals surface area contributed by atoms with Crippen LogP contribution in [0.4, 0.5) is 0 Å². The van der Waals surface area contributed by atoms with Crippen molar-refractivity contribution >= 4 is 5.52 Å². The molecule has 0 amide bonds. The first-order valence-electron chi connectivity index (χ1n) is 6.50. The highest BCUT2D eigenvalue weighted by Crippen LogP contribution is 2.31. The van der Waals surface area contributed by atoms with Crippen LogP contribution in [0.25, 0.3) is 16.8 Å². The van der Waals surface area contributed by atoms with E-state index in [2.05, 4.69) is 5.10 Å². The highest BCUT2D eigenvalue weighted by Gasteiger charge is 2.17. The summed E-state index contributed by atoms with van der Waals surface area (Å²) in [5.41, 5.74) is 3.53. The van der Waals surface area contributed by atoms with Gasteiger partial charge in [-0.05, 0) is 43.3 Å². The number of nitrogens with zero attached hydrogens (tertiary/aromatic N) is 2. The van der Waals surface area contributed by atoms with E-state index in [1.54, 1.807) is 18.5 Å². The molecule has 102 valence electrons. The van der Waals surface area contributed by atoms with Crippen LogP contribution in [-0.2, 0) is 0 Å². The van der Waals surface area contributed by atoms with E-state index in [1.165, 1.54) is 0 Å². The van der Waals surface area contributed by atoms with E-state index in [1.807, 2.05) is 48.7 Å². The fraction of sp³-hybridized carbons (Fsp3) is 0.188. The van der Waals surface area contributed by atoms with Gasteiger partial charge < -0.3 is 9.84 Å². The summed E-state index contributed by atoms with van der Waals surface area (Å²) in [5, 5.41) is 14.7. The van der Waals surface area contributed by atoms with Gasteiger partial charge in [0.2, 0.25) is 0 Å². The fourth-order valence-electron chi connectivity index (χ4n) is 2.39. The SMILES string of the molecule is COc1ccc(-c2nn3ccccc3c2C(C)O)cc1. The Morgan fingerprint density at radius 2 is 1.90 bits per heavy atom. The predicted molar refractivity (Wildman–Crippen MR) is 77.8 cm³/mol. The molecule has 1 unspecified atom stereocenters. The van der Waals surface area contributed by atoms with Crippen molar-refractivity contribution in [2.45, 2.75) is 13.0 Å². The molecular weight excluding hydrogens is 252 g/mol. The highest BCUT2D eigenvalue weighted by molar-refractivity contribution is 5.73. The summed E-state index contributed by atoms with van der Waals surface area (Å²) < 4.78 is 6.96. The minimum absolute atomic E-state index is 0.577. The zero-order chi connectivity index (χ0) is 14.1. The Morgan fingerprint density at radius 3 is 2.55 bits per heavy atom. The Bertz CT molecular complexity index is 730. The number of pyridine rings is 1. The van der Waals surface area contributed by atoms with Gasteiger partial charge in [-0.3, -0.25) is 0 Å². The standard InChI is InChI=1S/C16H16N2O2/c1-11(19)15-14-5-3-4-10-18(14)17-16(15)12-6-8-13(20-2)9-7-12/h3-11,19H,1-2H3. The van der Waals surface area contributed by atoms with E-state index in [4.69, 9.17) is 4.74 Å². The molecule has 0 aliphatic rings. The molecule has 4 heteroatoms. The molecule has 3 aromatic rings. The van der Waals surface area contributed by atoms with Gasteiger partial charge in [-0.15, -0.1) is 0 Å². The quantitative estimate of drug-likeness (QED) is 0.794. The number of fused-ring (bicyclic) bond motifs is 1. The lowest BCUT2D eigenvalue weighted by atomic mass is 10.0. The third-order valence-electron chi connectivity index (χ3n) is 3.36. The number of methoxy groups -OCH3 is 1. The van der Waals surface area contributed by atoms with Gasteiger partial charge in [0.05, 0.1) is 24.4 Å². The van der Waals surface area contributed by atoms with Crippen LogP contribution >= 0.6 is 0 Å². The van der Waals surface area contributed by atoms with Crippen molar-refractivity contribution in [3.8, 4) is 17.0 Å². The maximum Gasteiger partial charge on any atom is 0.118 e. The van der Waals surface area contributed by atoms with E-state index < -0.39 is 6.10 Å². The molecule has 4 nitrogen and oxygen atoms in total. The highest BCUT2D eigenvalue weighted by atomic mass is 16.5. The second-order valence-electron chi connectivity index (χ2n) is 4.70. The predicted octanol–water partition coefficient (Wildman–Crippen LogP) is 3.06.